The lowest BCUT2D eigenvalue weighted by Gasteiger charge is -2.21. The Morgan fingerprint density at radius 3 is 2.44 bits per heavy atom. The third-order valence-electron chi connectivity index (χ3n) is 2.86. The largest absolute Gasteiger partial charge is 0.338 e. The molecule has 1 amide bonds. The second-order valence-corrected chi connectivity index (χ2v) is 4.78. The van der Waals surface area contributed by atoms with E-state index in [1.165, 1.54) is 12.1 Å². The molecule has 0 bridgehead atoms. The highest BCUT2D eigenvalue weighted by Crippen LogP contribution is 2.24. The molecule has 1 saturated heterocycles. The molecule has 1 heterocycles. The summed E-state index contributed by atoms with van der Waals surface area (Å²) in [5, 5.41) is 5.75. The molecule has 18 heavy (non-hydrogen) atoms. The molecule has 0 saturated carbocycles. The van der Waals surface area contributed by atoms with Crippen molar-refractivity contribution in [2.75, 3.05) is 0 Å². The number of guanidine groups is 1. The number of rotatable bonds is 2. The second kappa shape index (κ2) is 4.40. The monoisotopic (exact) mass is 249 g/mol. The van der Waals surface area contributed by atoms with Gasteiger partial charge in [0.15, 0.2) is 5.96 Å². The summed E-state index contributed by atoms with van der Waals surface area (Å²) in [4.78, 5) is 16.3. The number of amides is 1. The summed E-state index contributed by atoms with van der Waals surface area (Å²) >= 11 is 0. The van der Waals surface area contributed by atoms with Gasteiger partial charge in [0, 0.05) is 6.04 Å². The van der Waals surface area contributed by atoms with Gasteiger partial charge in [0.1, 0.15) is 11.4 Å². The van der Waals surface area contributed by atoms with Gasteiger partial charge >= 0.3 is 0 Å². The van der Waals surface area contributed by atoms with Gasteiger partial charge in [-0.2, -0.15) is 0 Å². The highest BCUT2D eigenvalue weighted by Gasteiger charge is 2.42. The molecule has 2 rings (SSSR count). The van der Waals surface area contributed by atoms with Crippen LogP contribution in [0.4, 0.5) is 4.39 Å². The van der Waals surface area contributed by atoms with E-state index in [9.17, 15) is 9.18 Å². The zero-order valence-electron chi connectivity index (χ0n) is 10.6. The number of halogens is 1. The lowest BCUT2D eigenvalue weighted by molar-refractivity contribution is -0.123. The third-order valence-corrected chi connectivity index (χ3v) is 2.86. The van der Waals surface area contributed by atoms with E-state index in [1.807, 2.05) is 13.8 Å². The maximum absolute atomic E-state index is 12.9. The SMILES string of the molecule is CC(C)N=C1NC(=O)C(C)(c2ccc(F)cc2)N1. The van der Waals surface area contributed by atoms with Crippen molar-refractivity contribution >= 4 is 11.9 Å². The van der Waals surface area contributed by atoms with Crippen LogP contribution in [0.5, 0.6) is 0 Å². The van der Waals surface area contributed by atoms with E-state index in [-0.39, 0.29) is 17.8 Å². The van der Waals surface area contributed by atoms with Gasteiger partial charge in [0.05, 0.1) is 0 Å². The summed E-state index contributed by atoms with van der Waals surface area (Å²) in [7, 11) is 0. The number of aliphatic imine (C=N–C) groups is 1. The van der Waals surface area contributed by atoms with Crippen molar-refractivity contribution in [3.63, 3.8) is 0 Å². The summed E-state index contributed by atoms with van der Waals surface area (Å²) in [5.41, 5.74) is -0.197. The molecule has 2 N–H and O–H groups in total. The van der Waals surface area contributed by atoms with Crippen molar-refractivity contribution in [2.24, 2.45) is 4.99 Å². The number of nitrogens with one attached hydrogen (secondary N) is 2. The van der Waals surface area contributed by atoms with Crippen LogP contribution in [0.15, 0.2) is 29.3 Å². The van der Waals surface area contributed by atoms with Crippen molar-refractivity contribution in [3.8, 4) is 0 Å². The van der Waals surface area contributed by atoms with Gasteiger partial charge in [0.25, 0.3) is 5.91 Å². The first kappa shape index (κ1) is 12.5. The zero-order chi connectivity index (χ0) is 13.3. The van der Waals surface area contributed by atoms with Crippen molar-refractivity contribution in [2.45, 2.75) is 32.4 Å². The molecule has 1 aromatic rings. The molecule has 4 nitrogen and oxygen atoms in total. The standard InChI is InChI=1S/C13H16FN3O/c1-8(2)15-12-16-11(18)13(3,17-12)9-4-6-10(14)7-5-9/h4-8H,1-3H3,(H2,15,16,17,18). The summed E-state index contributed by atoms with van der Waals surface area (Å²) in [6, 6.07) is 5.96. The normalized spacial score (nSPS) is 25.4. The van der Waals surface area contributed by atoms with E-state index < -0.39 is 5.54 Å². The van der Waals surface area contributed by atoms with E-state index in [4.69, 9.17) is 0 Å². The predicted molar refractivity (Wildman–Crippen MR) is 67.6 cm³/mol. The first-order valence-electron chi connectivity index (χ1n) is 5.85. The number of carbonyl (C=O) groups excluding carboxylic acids is 1. The number of hydrogen-bond donors (Lipinski definition) is 2. The number of benzene rings is 1. The van der Waals surface area contributed by atoms with Gasteiger partial charge in [-0.05, 0) is 38.5 Å². The number of nitrogens with zero attached hydrogens (tertiary/aromatic N) is 1. The molecular formula is C13H16FN3O. The van der Waals surface area contributed by atoms with Crippen LogP contribution in [-0.2, 0) is 10.3 Å². The van der Waals surface area contributed by atoms with Gasteiger partial charge in [-0.3, -0.25) is 15.1 Å². The Balaban J connectivity index is 2.32. The average Bonchev–Trinajstić information content (AvgIpc) is 2.55. The van der Waals surface area contributed by atoms with Crippen LogP contribution >= 0.6 is 0 Å². The Morgan fingerprint density at radius 2 is 1.89 bits per heavy atom. The molecule has 1 aliphatic heterocycles. The van der Waals surface area contributed by atoms with Crippen LogP contribution in [-0.4, -0.2) is 17.9 Å². The van der Waals surface area contributed by atoms with Gasteiger partial charge in [0.2, 0.25) is 0 Å². The Bertz CT molecular complexity index is 495. The Kier molecular flexibility index (Phi) is 3.07. The molecule has 0 aromatic heterocycles. The lowest BCUT2D eigenvalue weighted by atomic mass is 9.92. The van der Waals surface area contributed by atoms with Crippen molar-refractivity contribution in [1.82, 2.24) is 10.6 Å². The summed E-state index contributed by atoms with van der Waals surface area (Å²) < 4.78 is 12.9. The fourth-order valence-electron chi connectivity index (χ4n) is 1.87. The molecule has 1 aromatic carbocycles. The smallest absolute Gasteiger partial charge is 0.256 e. The number of hydrogen-bond acceptors (Lipinski definition) is 2. The maximum Gasteiger partial charge on any atom is 0.256 e. The van der Waals surface area contributed by atoms with Crippen LogP contribution in [0.25, 0.3) is 0 Å². The molecule has 1 unspecified atom stereocenters. The van der Waals surface area contributed by atoms with Gasteiger partial charge in [-0.15, -0.1) is 0 Å². The number of carbonyl (C=O) groups is 1. The third kappa shape index (κ3) is 2.20. The summed E-state index contributed by atoms with van der Waals surface area (Å²) in [6.07, 6.45) is 0. The molecule has 0 aliphatic carbocycles. The first-order chi connectivity index (χ1) is 8.41. The fourth-order valence-corrected chi connectivity index (χ4v) is 1.87. The van der Waals surface area contributed by atoms with Gasteiger partial charge in [-0.25, -0.2) is 4.39 Å². The molecule has 96 valence electrons. The highest BCUT2D eigenvalue weighted by atomic mass is 19.1. The molecule has 1 atom stereocenters. The Labute approximate surface area is 105 Å². The van der Waals surface area contributed by atoms with Crippen molar-refractivity contribution in [3.05, 3.63) is 35.6 Å². The summed E-state index contributed by atoms with van der Waals surface area (Å²) in [5.74, 6) is -0.0489. The highest BCUT2D eigenvalue weighted by molar-refractivity contribution is 6.09. The van der Waals surface area contributed by atoms with Crippen molar-refractivity contribution < 1.29 is 9.18 Å². The molecular weight excluding hydrogens is 233 g/mol. The van der Waals surface area contributed by atoms with Crippen LogP contribution < -0.4 is 10.6 Å². The van der Waals surface area contributed by atoms with Gasteiger partial charge < -0.3 is 5.32 Å². The molecule has 1 aliphatic rings. The van der Waals surface area contributed by atoms with E-state index in [0.717, 1.165) is 0 Å². The van der Waals surface area contributed by atoms with Gasteiger partial charge in [-0.1, -0.05) is 12.1 Å². The van der Waals surface area contributed by atoms with Crippen LogP contribution in [0.1, 0.15) is 26.3 Å². The minimum Gasteiger partial charge on any atom is -0.338 e. The van der Waals surface area contributed by atoms with Crippen LogP contribution in [0.3, 0.4) is 0 Å². The van der Waals surface area contributed by atoms with E-state index >= 15 is 0 Å². The van der Waals surface area contributed by atoms with Crippen LogP contribution in [0.2, 0.25) is 0 Å². The molecule has 0 radical (unpaired) electrons. The fraction of sp³-hybridized carbons (Fsp3) is 0.385. The first-order valence-corrected chi connectivity index (χ1v) is 5.85. The Morgan fingerprint density at radius 1 is 1.28 bits per heavy atom. The predicted octanol–water partition coefficient (Wildman–Crippen LogP) is 1.52. The summed E-state index contributed by atoms with van der Waals surface area (Å²) in [6.45, 7) is 5.60. The molecule has 1 fully saturated rings. The van der Waals surface area contributed by atoms with E-state index in [2.05, 4.69) is 15.6 Å². The average molecular weight is 249 g/mol. The second-order valence-electron chi connectivity index (χ2n) is 4.78. The lowest BCUT2D eigenvalue weighted by Crippen LogP contribution is -2.40. The van der Waals surface area contributed by atoms with E-state index in [1.54, 1.807) is 19.1 Å². The van der Waals surface area contributed by atoms with Crippen LogP contribution in [0, 0.1) is 5.82 Å². The van der Waals surface area contributed by atoms with E-state index in [0.29, 0.717) is 11.5 Å². The maximum atomic E-state index is 12.9. The minimum absolute atomic E-state index is 0.0865. The molecule has 5 heteroatoms. The quantitative estimate of drug-likeness (QED) is 0.835. The zero-order valence-corrected chi connectivity index (χ0v) is 10.6. The Hall–Kier alpha value is -1.91. The topological polar surface area (TPSA) is 53.5 Å². The van der Waals surface area contributed by atoms with Crippen molar-refractivity contribution in [1.29, 1.82) is 0 Å². The molecule has 0 spiro atoms. The minimum atomic E-state index is -0.901.